The van der Waals surface area contributed by atoms with Gasteiger partial charge in [0.1, 0.15) is 22.3 Å². The minimum Gasteiger partial charge on any atom is -0.502 e. The molecule has 4 heterocycles. The van der Waals surface area contributed by atoms with Gasteiger partial charge in [-0.25, -0.2) is 8.78 Å². The molecule has 1 N–H and O–H groups in total. The second kappa shape index (κ2) is 9.46. The van der Waals surface area contributed by atoms with Crippen LogP contribution in [-0.2, 0) is 11.2 Å². The van der Waals surface area contributed by atoms with Gasteiger partial charge in [-0.2, -0.15) is 0 Å². The molecule has 200 valence electrons. The Bertz CT molecular complexity index is 1500. The average molecular weight is 545 g/mol. The summed E-state index contributed by atoms with van der Waals surface area (Å²) in [5, 5.41) is 21.4. The highest BCUT2D eigenvalue weighted by Gasteiger charge is 2.51. The average Bonchev–Trinajstić information content (AvgIpc) is 3.35. The number of likely N-dealkylation sites (tertiary alicyclic amines) is 1. The summed E-state index contributed by atoms with van der Waals surface area (Å²) in [5.41, 5.74) is -1.43. The molecule has 0 radical (unpaired) electrons. The minimum atomic E-state index is -0.771. The SMILES string of the molecule is CCN1C(=O)c2c(O)c(=O)c(-c3nnc(Cc4ccc(F)cc4F)s3)cn2N(C)C12CCN(C(C)=O)CC2. The largest absolute Gasteiger partial charge is 0.502 e. The summed E-state index contributed by atoms with van der Waals surface area (Å²) in [4.78, 5) is 42.0. The third kappa shape index (κ3) is 4.01. The van der Waals surface area contributed by atoms with E-state index in [2.05, 4.69) is 10.2 Å². The fourth-order valence-electron chi connectivity index (χ4n) is 5.34. The normalized spacial score (nSPS) is 16.8. The second-order valence-electron chi connectivity index (χ2n) is 9.39. The molecule has 1 saturated heterocycles. The van der Waals surface area contributed by atoms with E-state index in [-0.39, 0.29) is 34.2 Å². The lowest BCUT2D eigenvalue weighted by atomic mass is 9.92. The Kier molecular flexibility index (Phi) is 6.41. The van der Waals surface area contributed by atoms with Crippen molar-refractivity contribution in [3.05, 3.63) is 62.5 Å². The van der Waals surface area contributed by atoms with Crippen molar-refractivity contribution in [2.24, 2.45) is 0 Å². The van der Waals surface area contributed by atoms with E-state index in [1.165, 1.54) is 23.9 Å². The van der Waals surface area contributed by atoms with E-state index >= 15 is 0 Å². The van der Waals surface area contributed by atoms with Crippen LogP contribution in [0.5, 0.6) is 5.75 Å². The quantitative estimate of drug-likeness (QED) is 0.537. The van der Waals surface area contributed by atoms with Crippen LogP contribution in [0.1, 0.15) is 47.7 Å². The molecule has 3 aromatic rings. The van der Waals surface area contributed by atoms with Crippen molar-refractivity contribution in [1.29, 1.82) is 0 Å². The number of benzene rings is 1. The molecule has 2 amide bonds. The first kappa shape index (κ1) is 25.8. The molecule has 10 nitrogen and oxygen atoms in total. The van der Waals surface area contributed by atoms with Crippen molar-refractivity contribution in [3.63, 3.8) is 0 Å². The first-order valence-electron chi connectivity index (χ1n) is 12.1. The summed E-state index contributed by atoms with van der Waals surface area (Å²) in [7, 11) is 1.78. The highest BCUT2D eigenvalue weighted by atomic mass is 32.1. The number of hydrogen-bond acceptors (Lipinski definition) is 8. The summed E-state index contributed by atoms with van der Waals surface area (Å²) in [6.45, 7) is 4.60. The molecular formula is C25H26F2N6O4S. The molecule has 2 aromatic heterocycles. The predicted molar refractivity (Wildman–Crippen MR) is 136 cm³/mol. The molecule has 0 atom stereocenters. The van der Waals surface area contributed by atoms with Crippen LogP contribution in [0, 0.1) is 11.6 Å². The fraction of sp³-hybridized carbons (Fsp3) is 0.400. The van der Waals surface area contributed by atoms with E-state index in [4.69, 9.17) is 0 Å². The van der Waals surface area contributed by atoms with Crippen LogP contribution < -0.4 is 10.4 Å². The number of nitrogens with zero attached hydrogens (tertiary/aromatic N) is 6. The van der Waals surface area contributed by atoms with Crippen molar-refractivity contribution in [1.82, 2.24) is 24.7 Å². The van der Waals surface area contributed by atoms with Crippen molar-refractivity contribution in [2.75, 3.05) is 31.7 Å². The Morgan fingerprint density at radius 2 is 1.89 bits per heavy atom. The number of aromatic nitrogens is 3. The van der Waals surface area contributed by atoms with Gasteiger partial charge in [0, 0.05) is 65.1 Å². The van der Waals surface area contributed by atoms with Crippen LogP contribution in [0.25, 0.3) is 10.6 Å². The van der Waals surface area contributed by atoms with Gasteiger partial charge in [0.05, 0.1) is 5.56 Å². The molecule has 0 unspecified atom stereocenters. The number of pyridine rings is 1. The van der Waals surface area contributed by atoms with Gasteiger partial charge in [0.15, 0.2) is 16.5 Å². The number of fused-ring (bicyclic) bond motifs is 1. The Morgan fingerprint density at radius 3 is 2.53 bits per heavy atom. The van der Waals surface area contributed by atoms with E-state index in [0.717, 1.165) is 23.5 Å². The van der Waals surface area contributed by atoms with Crippen LogP contribution in [0.4, 0.5) is 8.78 Å². The van der Waals surface area contributed by atoms with E-state index < -0.39 is 34.4 Å². The molecule has 1 spiro atoms. The van der Waals surface area contributed by atoms with Crippen LogP contribution in [0.3, 0.4) is 0 Å². The lowest BCUT2D eigenvalue weighted by molar-refractivity contribution is -0.131. The highest BCUT2D eigenvalue weighted by Crippen LogP contribution is 2.38. The van der Waals surface area contributed by atoms with Crippen molar-refractivity contribution >= 4 is 23.2 Å². The number of halogens is 2. The summed E-state index contributed by atoms with van der Waals surface area (Å²) < 4.78 is 28.8. The zero-order chi connectivity index (χ0) is 27.4. The van der Waals surface area contributed by atoms with Gasteiger partial charge >= 0.3 is 0 Å². The van der Waals surface area contributed by atoms with Gasteiger partial charge in [-0.15, -0.1) is 10.2 Å². The molecule has 0 saturated carbocycles. The number of amides is 2. The molecule has 0 aliphatic carbocycles. The molecule has 2 aliphatic rings. The summed E-state index contributed by atoms with van der Waals surface area (Å²) >= 11 is 1.04. The van der Waals surface area contributed by atoms with Crippen LogP contribution in [0.15, 0.2) is 29.2 Å². The Balaban J connectivity index is 1.54. The van der Waals surface area contributed by atoms with Crippen LogP contribution in [-0.4, -0.2) is 73.9 Å². The Morgan fingerprint density at radius 1 is 1.18 bits per heavy atom. The summed E-state index contributed by atoms with van der Waals surface area (Å²) in [6, 6.07) is 3.26. The topological polar surface area (TPSA) is 112 Å². The number of aromatic hydroxyl groups is 1. The molecule has 0 bridgehead atoms. The van der Waals surface area contributed by atoms with Gasteiger partial charge < -0.3 is 14.9 Å². The standard InChI is InChI=1S/C25H26F2N6O4S/c1-4-32-24(37)20-22(36)21(35)17(13-33(20)30(3)25(32)7-9-31(10-8-25)14(2)34)23-29-28-19(38-23)11-15-5-6-16(26)12-18(15)27/h5-6,12-13,36H,4,7-11H2,1-3H3. The monoisotopic (exact) mass is 544 g/mol. The molecule has 13 heteroatoms. The number of piperidine rings is 1. The Labute approximate surface area is 220 Å². The molecular weight excluding hydrogens is 518 g/mol. The molecule has 5 rings (SSSR count). The van der Waals surface area contributed by atoms with Crippen molar-refractivity contribution < 1.29 is 23.5 Å². The van der Waals surface area contributed by atoms with E-state index in [1.54, 1.807) is 16.8 Å². The highest BCUT2D eigenvalue weighted by molar-refractivity contribution is 7.14. The van der Waals surface area contributed by atoms with Crippen LogP contribution >= 0.6 is 11.3 Å². The Hall–Kier alpha value is -3.87. The first-order chi connectivity index (χ1) is 18.1. The molecule has 2 aliphatic heterocycles. The third-order valence-electron chi connectivity index (χ3n) is 7.42. The first-order valence-corrected chi connectivity index (χ1v) is 13.0. The number of hydrogen-bond donors (Lipinski definition) is 1. The van der Waals surface area contributed by atoms with Gasteiger partial charge in [-0.3, -0.25) is 24.1 Å². The van der Waals surface area contributed by atoms with Gasteiger partial charge in [0.2, 0.25) is 11.3 Å². The van der Waals surface area contributed by atoms with Crippen molar-refractivity contribution in [2.45, 2.75) is 38.8 Å². The maximum Gasteiger partial charge on any atom is 0.278 e. The lowest BCUT2D eigenvalue weighted by Gasteiger charge is -2.57. The van der Waals surface area contributed by atoms with Crippen molar-refractivity contribution in [3.8, 4) is 16.3 Å². The van der Waals surface area contributed by atoms with Crippen LogP contribution in [0.2, 0.25) is 0 Å². The number of carbonyl (C=O) groups excluding carboxylic acids is 2. The van der Waals surface area contributed by atoms with Gasteiger partial charge in [-0.05, 0) is 18.6 Å². The molecule has 1 fully saturated rings. The van der Waals surface area contributed by atoms with Gasteiger partial charge in [-0.1, -0.05) is 17.4 Å². The van der Waals surface area contributed by atoms with E-state index in [9.17, 15) is 28.3 Å². The maximum atomic E-state index is 14.1. The zero-order valence-corrected chi connectivity index (χ0v) is 21.9. The van der Waals surface area contributed by atoms with Gasteiger partial charge in [0.25, 0.3) is 5.91 Å². The summed E-state index contributed by atoms with van der Waals surface area (Å²) in [5.74, 6) is -2.62. The second-order valence-corrected chi connectivity index (χ2v) is 10.5. The number of rotatable bonds is 4. The third-order valence-corrected chi connectivity index (χ3v) is 8.38. The summed E-state index contributed by atoms with van der Waals surface area (Å²) in [6.07, 6.45) is 2.47. The fourth-order valence-corrected chi connectivity index (χ4v) is 6.21. The smallest absolute Gasteiger partial charge is 0.278 e. The zero-order valence-electron chi connectivity index (χ0n) is 21.1. The van der Waals surface area contributed by atoms with E-state index in [0.29, 0.717) is 37.5 Å². The van der Waals surface area contributed by atoms with E-state index in [1.807, 2.05) is 11.9 Å². The number of carbonyl (C=O) groups is 2. The predicted octanol–water partition coefficient (Wildman–Crippen LogP) is 2.32. The maximum absolute atomic E-state index is 14.1. The minimum absolute atomic E-state index is 0.0375. The molecule has 38 heavy (non-hydrogen) atoms. The molecule has 1 aromatic carbocycles. The lowest BCUT2D eigenvalue weighted by Crippen LogP contribution is -2.72.